The lowest BCUT2D eigenvalue weighted by Gasteiger charge is -2.43. The minimum Gasteiger partial charge on any atom is -0.381 e. The highest BCUT2D eigenvalue weighted by atomic mass is 35.5. The van der Waals surface area contributed by atoms with E-state index in [1.54, 1.807) is 0 Å². The fourth-order valence-corrected chi connectivity index (χ4v) is 4.60. The first-order chi connectivity index (χ1) is 11.6. The van der Waals surface area contributed by atoms with Gasteiger partial charge in [-0.15, -0.1) is 24.8 Å². The summed E-state index contributed by atoms with van der Waals surface area (Å²) in [5.41, 5.74) is 8.13. The largest absolute Gasteiger partial charge is 0.381 e. The van der Waals surface area contributed by atoms with E-state index in [1.807, 2.05) is 18.2 Å². The van der Waals surface area contributed by atoms with Crippen molar-refractivity contribution in [3.63, 3.8) is 0 Å². The van der Waals surface area contributed by atoms with Crippen LogP contribution in [0, 0.1) is 17.8 Å². The number of nitrogens with two attached hydrogens (primary N) is 1. The molecule has 0 aromatic heterocycles. The molecule has 3 saturated carbocycles. The topological polar surface area (TPSA) is 67.2 Å². The Labute approximate surface area is 172 Å². The van der Waals surface area contributed by atoms with Gasteiger partial charge in [-0.05, 0) is 68.6 Å². The molecule has 3 aliphatic carbocycles. The van der Waals surface area contributed by atoms with Crippen LogP contribution < -0.4 is 16.4 Å². The molecule has 4 rings (SSSR count). The summed E-state index contributed by atoms with van der Waals surface area (Å²) in [4.78, 5) is 12.8. The van der Waals surface area contributed by atoms with Crippen LogP contribution in [0.25, 0.3) is 0 Å². The molecule has 4 nitrogen and oxygen atoms in total. The van der Waals surface area contributed by atoms with Crippen molar-refractivity contribution in [1.82, 2.24) is 0 Å². The van der Waals surface area contributed by atoms with E-state index < -0.39 is 0 Å². The van der Waals surface area contributed by atoms with E-state index in [0.29, 0.717) is 28.9 Å². The number of carbonyl (C=O) groups excluding carboxylic acids is 1. The third-order valence-electron chi connectivity index (χ3n) is 5.96. The van der Waals surface area contributed by atoms with Gasteiger partial charge in [0.25, 0.3) is 0 Å². The van der Waals surface area contributed by atoms with Crippen molar-refractivity contribution in [3.8, 4) is 0 Å². The van der Waals surface area contributed by atoms with Crippen LogP contribution in [0.15, 0.2) is 18.2 Å². The second kappa shape index (κ2) is 9.01. The molecule has 3 fully saturated rings. The quantitative estimate of drug-likeness (QED) is 0.652. The molecule has 1 aromatic carbocycles. The van der Waals surface area contributed by atoms with Crippen LogP contribution in [0.4, 0.5) is 11.4 Å². The summed E-state index contributed by atoms with van der Waals surface area (Å²) >= 11 is 6.14. The molecule has 3 aliphatic rings. The lowest BCUT2D eigenvalue weighted by atomic mass is 9.65. The second-order valence-electron chi connectivity index (χ2n) is 7.79. The lowest BCUT2D eigenvalue weighted by Crippen LogP contribution is -2.48. The molecule has 2 atom stereocenters. The lowest BCUT2D eigenvalue weighted by molar-refractivity contribution is -0.122. The Hall–Kier alpha value is -0.680. The minimum absolute atomic E-state index is 0. The number of fused-ring (bicyclic) bond motifs is 2. The van der Waals surface area contributed by atoms with Crippen molar-refractivity contribution in [2.45, 2.75) is 57.0 Å². The van der Waals surface area contributed by atoms with E-state index in [0.717, 1.165) is 24.2 Å². The van der Waals surface area contributed by atoms with Gasteiger partial charge < -0.3 is 16.4 Å². The maximum absolute atomic E-state index is 12.8. The number of anilines is 2. The minimum atomic E-state index is 0. The van der Waals surface area contributed by atoms with E-state index in [-0.39, 0.29) is 36.6 Å². The smallest absolute Gasteiger partial charge is 0.227 e. The summed E-state index contributed by atoms with van der Waals surface area (Å²) in [6.45, 7) is 0. The number of carbonyl (C=O) groups is 1. The Kier molecular flexibility index (Phi) is 7.49. The molecule has 2 unspecified atom stereocenters. The van der Waals surface area contributed by atoms with Gasteiger partial charge in [-0.2, -0.15) is 0 Å². The first-order valence-electron chi connectivity index (χ1n) is 9.22. The third kappa shape index (κ3) is 4.78. The van der Waals surface area contributed by atoms with Crippen molar-refractivity contribution in [2.75, 3.05) is 10.6 Å². The highest BCUT2D eigenvalue weighted by Gasteiger charge is 2.40. The number of halogens is 3. The average molecular weight is 421 g/mol. The summed E-state index contributed by atoms with van der Waals surface area (Å²) < 4.78 is 0. The van der Waals surface area contributed by atoms with Crippen molar-refractivity contribution in [3.05, 3.63) is 23.2 Å². The summed E-state index contributed by atoms with van der Waals surface area (Å²) in [6, 6.07) is 6.50. The SMILES string of the molecule is Cl.Cl.NC1C2CCCC1CC(C(=O)Nc1cc(Cl)ccc1NC1CC1)C2. The molecule has 26 heavy (non-hydrogen) atoms. The summed E-state index contributed by atoms with van der Waals surface area (Å²) in [6.07, 6.45) is 7.85. The van der Waals surface area contributed by atoms with E-state index in [1.165, 1.54) is 32.1 Å². The zero-order valence-electron chi connectivity index (χ0n) is 14.7. The molecule has 0 heterocycles. The maximum atomic E-state index is 12.8. The molecule has 0 spiro atoms. The average Bonchev–Trinajstić information content (AvgIpc) is 3.33. The molecule has 146 valence electrons. The van der Waals surface area contributed by atoms with Gasteiger partial charge in [0.2, 0.25) is 5.91 Å². The van der Waals surface area contributed by atoms with Gasteiger partial charge in [0.1, 0.15) is 0 Å². The highest BCUT2D eigenvalue weighted by Crippen LogP contribution is 2.42. The van der Waals surface area contributed by atoms with Crippen LogP contribution in [0.2, 0.25) is 5.02 Å². The van der Waals surface area contributed by atoms with Crippen LogP contribution in [-0.4, -0.2) is 18.0 Å². The normalized spacial score (nSPS) is 29.8. The molecule has 0 aliphatic heterocycles. The summed E-state index contributed by atoms with van der Waals surface area (Å²) in [5, 5.41) is 7.25. The number of hydrogen-bond donors (Lipinski definition) is 3. The molecule has 0 radical (unpaired) electrons. The van der Waals surface area contributed by atoms with Crippen molar-refractivity contribution in [1.29, 1.82) is 0 Å². The van der Waals surface area contributed by atoms with Crippen molar-refractivity contribution < 1.29 is 4.79 Å². The maximum Gasteiger partial charge on any atom is 0.227 e. The first kappa shape index (κ1) is 21.6. The monoisotopic (exact) mass is 419 g/mol. The number of hydrogen-bond acceptors (Lipinski definition) is 3. The third-order valence-corrected chi connectivity index (χ3v) is 6.20. The Bertz CT molecular complexity index is 624. The fourth-order valence-electron chi connectivity index (χ4n) is 4.43. The number of amides is 1. The molecule has 1 amide bonds. The predicted octanol–water partition coefficient (Wildman–Crippen LogP) is 4.85. The molecule has 4 N–H and O–H groups in total. The summed E-state index contributed by atoms with van der Waals surface area (Å²) in [7, 11) is 0. The first-order valence-corrected chi connectivity index (χ1v) is 9.60. The molecule has 0 saturated heterocycles. The predicted molar refractivity (Wildman–Crippen MR) is 113 cm³/mol. The van der Waals surface area contributed by atoms with Crippen LogP contribution >= 0.6 is 36.4 Å². The number of benzene rings is 1. The zero-order chi connectivity index (χ0) is 16.7. The molecule has 7 heteroatoms. The molecular weight excluding hydrogens is 393 g/mol. The van der Waals surface area contributed by atoms with Crippen molar-refractivity contribution in [2.24, 2.45) is 23.5 Å². The van der Waals surface area contributed by atoms with Gasteiger partial charge in [0.05, 0.1) is 11.4 Å². The number of rotatable bonds is 4. The Morgan fingerprint density at radius 2 is 1.69 bits per heavy atom. The van der Waals surface area contributed by atoms with Crippen LogP contribution in [0.5, 0.6) is 0 Å². The summed E-state index contributed by atoms with van der Waals surface area (Å²) in [5.74, 6) is 1.22. The van der Waals surface area contributed by atoms with Gasteiger partial charge in [-0.25, -0.2) is 0 Å². The van der Waals surface area contributed by atoms with E-state index in [4.69, 9.17) is 17.3 Å². The highest BCUT2D eigenvalue weighted by molar-refractivity contribution is 6.31. The van der Waals surface area contributed by atoms with E-state index in [9.17, 15) is 4.79 Å². The molecular formula is C19H28Cl3N3O. The van der Waals surface area contributed by atoms with Crippen LogP contribution in [0.3, 0.4) is 0 Å². The van der Waals surface area contributed by atoms with Gasteiger partial charge in [0, 0.05) is 23.0 Å². The Balaban J connectivity index is 0.00000121. The van der Waals surface area contributed by atoms with Crippen molar-refractivity contribution >= 4 is 53.7 Å². The molecule has 1 aromatic rings. The van der Waals surface area contributed by atoms with Gasteiger partial charge in [-0.1, -0.05) is 18.0 Å². The van der Waals surface area contributed by atoms with Crippen LogP contribution in [0.1, 0.15) is 44.9 Å². The molecule has 2 bridgehead atoms. The van der Waals surface area contributed by atoms with E-state index >= 15 is 0 Å². The number of nitrogens with one attached hydrogen (secondary N) is 2. The van der Waals surface area contributed by atoms with E-state index in [2.05, 4.69) is 10.6 Å². The van der Waals surface area contributed by atoms with Crippen LogP contribution in [-0.2, 0) is 4.79 Å². The van der Waals surface area contributed by atoms with Gasteiger partial charge in [-0.3, -0.25) is 4.79 Å². The second-order valence-corrected chi connectivity index (χ2v) is 8.23. The Morgan fingerprint density at radius 3 is 2.31 bits per heavy atom. The van der Waals surface area contributed by atoms with Gasteiger partial charge >= 0.3 is 0 Å². The fraction of sp³-hybridized carbons (Fsp3) is 0.632. The zero-order valence-corrected chi connectivity index (χ0v) is 17.1. The van der Waals surface area contributed by atoms with Gasteiger partial charge in [0.15, 0.2) is 0 Å². The Morgan fingerprint density at radius 1 is 1.04 bits per heavy atom. The standard InChI is InChI=1S/C19H26ClN3O.2ClH/c20-14-4-7-16(22-15-5-6-15)17(10-14)23-19(24)13-8-11-2-1-3-12(9-13)18(11)21;;/h4,7,10-13,15,18,22H,1-3,5-6,8-9,21H2,(H,23,24);2*1H.